The lowest BCUT2D eigenvalue weighted by Gasteiger charge is -2.24. The van der Waals surface area contributed by atoms with Crippen LogP contribution in [0.25, 0.3) is 0 Å². The van der Waals surface area contributed by atoms with Gasteiger partial charge in [-0.25, -0.2) is 0 Å². The van der Waals surface area contributed by atoms with Gasteiger partial charge in [-0.3, -0.25) is 4.90 Å². The van der Waals surface area contributed by atoms with Crippen LogP contribution >= 0.6 is 0 Å². The molecular weight excluding hydrogens is 256 g/mol. The summed E-state index contributed by atoms with van der Waals surface area (Å²) in [5.74, 6) is 2.09. The van der Waals surface area contributed by atoms with Gasteiger partial charge in [0.05, 0.1) is 13.2 Å². The molecule has 2 unspecified atom stereocenters. The van der Waals surface area contributed by atoms with Crippen LogP contribution in [0.5, 0.6) is 0 Å². The average molecular weight is 280 g/mol. The largest absolute Gasteiger partial charge is 0.424 e. The van der Waals surface area contributed by atoms with Crippen LogP contribution in [-0.4, -0.2) is 65.9 Å². The molecule has 0 bridgehead atoms. The molecule has 20 heavy (non-hydrogen) atoms. The van der Waals surface area contributed by atoms with Crippen molar-refractivity contribution in [1.82, 2.24) is 20.0 Å². The van der Waals surface area contributed by atoms with Crippen molar-refractivity contribution in [2.45, 2.75) is 32.4 Å². The summed E-state index contributed by atoms with van der Waals surface area (Å²) in [6.45, 7) is 7.97. The van der Waals surface area contributed by atoms with E-state index < -0.39 is 0 Å². The van der Waals surface area contributed by atoms with E-state index in [9.17, 15) is 0 Å². The van der Waals surface area contributed by atoms with Crippen molar-refractivity contribution in [1.29, 1.82) is 0 Å². The summed E-state index contributed by atoms with van der Waals surface area (Å²) in [6, 6.07) is 0.588. The number of aromatic nitrogens is 2. The molecule has 1 aromatic rings. The van der Waals surface area contributed by atoms with Crippen LogP contribution in [0.3, 0.4) is 0 Å². The molecular formula is C14H24N4O2. The standard InChI is InChI=1S/C14H24N4O2/c1-11-15-16-14(20-11)9-17(2)13-3-5-18(8-13)7-12-4-6-19-10-12/h12-13H,3-10H2,1-2H3. The Labute approximate surface area is 120 Å². The van der Waals surface area contributed by atoms with Gasteiger partial charge in [0.2, 0.25) is 11.8 Å². The number of rotatable bonds is 5. The summed E-state index contributed by atoms with van der Waals surface area (Å²) < 4.78 is 10.9. The predicted octanol–water partition coefficient (Wildman–Crippen LogP) is 0.921. The minimum absolute atomic E-state index is 0.588. The molecule has 6 nitrogen and oxygen atoms in total. The smallest absolute Gasteiger partial charge is 0.230 e. The predicted molar refractivity (Wildman–Crippen MR) is 74.3 cm³/mol. The molecule has 2 atom stereocenters. The Kier molecular flexibility index (Phi) is 4.33. The lowest BCUT2D eigenvalue weighted by atomic mass is 10.1. The van der Waals surface area contributed by atoms with Crippen molar-refractivity contribution in [2.75, 3.05) is 39.9 Å². The van der Waals surface area contributed by atoms with E-state index in [4.69, 9.17) is 9.15 Å². The van der Waals surface area contributed by atoms with Crippen LogP contribution in [0.1, 0.15) is 24.6 Å². The summed E-state index contributed by atoms with van der Waals surface area (Å²) >= 11 is 0. The molecule has 2 aliphatic heterocycles. The van der Waals surface area contributed by atoms with Crippen molar-refractivity contribution in [3.63, 3.8) is 0 Å². The van der Waals surface area contributed by atoms with E-state index in [1.165, 1.54) is 25.9 Å². The third kappa shape index (κ3) is 3.37. The molecule has 3 rings (SSSR count). The molecule has 0 spiro atoms. The Morgan fingerprint density at radius 1 is 1.35 bits per heavy atom. The zero-order valence-electron chi connectivity index (χ0n) is 12.4. The van der Waals surface area contributed by atoms with Gasteiger partial charge >= 0.3 is 0 Å². The van der Waals surface area contributed by atoms with E-state index in [0.717, 1.165) is 32.2 Å². The summed E-state index contributed by atoms with van der Waals surface area (Å²) in [5, 5.41) is 7.95. The highest BCUT2D eigenvalue weighted by Crippen LogP contribution is 2.20. The van der Waals surface area contributed by atoms with E-state index in [1.54, 1.807) is 0 Å². The fourth-order valence-corrected chi connectivity index (χ4v) is 3.17. The van der Waals surface area contributed by atoms with Crippen LogP contribution < -0.4 is 0 Å². The highest BCUT2D eigenvalue weighted by Gasteiger charge is 2.29. The minimum Gasteiger partial charge on any atom is -0.424 e. The van der Waals surface area contributed by atoms with Crippen LogP contribution in [0.4, 0.5) is 0 Å². The highest BCUT2D eigenvalue weighted by atomic mass is 16.5. The Balaban J connectivity index is 1.46. The molecule has 0 saturated carbocycles. The number of aryl methyl sites for hydroxylation is 1. The molecule has 112 valence electrons. The van der Waals surface area contributed by atoms with E-state index in [2.05, 4.69) is 27.0 Å². The molecule has 3 heterocycles. The van der Waals surface area contributed by atoms with Gasteiger partial charge in [0.15, 0.2) is 0 Å². The molecule has 6 heteroatoms. The van der Waals surface area contributed by atoms with Crippen molar-refractivity contribution in [2.24, 2.45) is 5.92 Å². The molecule has 0 N–H and O–H groups in total. The van der Waals surface area contributed by atoms with Crippen molar-refractivity contribution in [3.05, 3.63) is 11.8 Å². The second kappa shape index (κ2) is 6.20. The zero-order valence-corrected chi connectivity index (χ0v) is 12.4. The van der Waals surface area contributed by atoms with E-state index in [1.807, 2.05) is 6.92 Å². The van der Waals surface area contributed by atoms with Gasteiger partial charge in [0.25, 0.3) is 0 Å². The quantitative estimate of drug-likeness (QED) is 0.799. The molecule has 2 fully saturated rings. The first-order valence-corrected chi connectivity index (χ1v) is 7.50. The van der Waals surface area contributed by atoms with Gasteiger partial charge in [-0.15, -0.1) is 10.2 Å². The molecule has 0 aliphatic carbocycles. The van der Waals surface area contributed by atoms with E-state index >= 15 is 0 Å². The lowest BCUT2D eigenvalue weighted by molar-refractivity contribution is 0.167. The Morgan fingerprint density at radius 2 is 2.25 bits per heavy atom. The number of hydrogen-bond donors (Lipinski definition) is 0. The van der Waals surface area contributed by atoms with Gasteiger partial charge < -0.3 is 14.1 Å². The average Bonchev–Trinajstić information content (AvgIpc) is 3.12. The van der Waals surface area contributed by atoms with Crippen molar-refractivity contribution >= 4 is 0 Å². The van der Waals surface area contributed by atoms with Gasteiger partial charge in [0.1, 0.15) is 0 Å². The SMILES string of the molecule is Cc1nnc(CN(C)C2CCN(CC3CCOC3)C2)o1. The van der Waals surface area contributed by atoms with Gasteiger partial charge in [-0.05, 0) is 32.4 Å². The van der Waals surface area contributed by atoms with Crippen LogP contribution in [0.2, 0.25) is 0 Å². The molecule has 2 aliphatic rings. The zero-order chi connectivity index (χ0) is 13.9. The molecule has 2 saturated heterocycles. The monoisotopic (exact) mass is 280 g/mol. The maximum atomic E-state index is 5.46. The fourth-order valence-electron chi connectivity index (χ4n) is 3.17. The maximum absolute atomic E-state index is 5.46. The van der Waals surface area contributed by atoms with Crippen molar-refractivity contribution < 1.29 is 9.15 Å². The number of likely N-dealkylation sites (N-methyl/N-ethyl adjacent to an activating group) is 1. The molecule has 1 aromatic heterocycles. The number of hydrogen-bond acceptors (Lipinski definition) is 6. The number of likely N-dealkylation sites (tertiary alicyclic amines) is 1. The minimum atomic E-state index is 0.588. The Bertz CT molecular complexity index is 431. The third-order valence-electron chi connectivity index (χ3n) is 4.36. The number of ether oxygens (including phenoxy) is 1. The summed E-state index contributed by atoms with van der Waals surface area (Å²) in [5.41, 5.74) is 0. The Morgan fingerprint density at radius 3 is 2.95 bits per heavy atom. The third-order valence-corrected chi connectivity index (χ3v) is 4.36. The number of nitrogens with zero attached hydrogens (tertiary/aromatic N) is 4. The summed E-state index contributed by atoms with van der Waals surface area (Å²) in [7, 11) is 2.15. The summed E-state index contributed by atoms with van der Waals surface area (Å²) in [6.07, 6.45) is 2.44. The van der Waals surface area contributed by atoms with Crippen LogP contribution in [0, 0.1) is 12.8 Å². The molecule has 0 aromatic carbocycles. The topological polar surface area (TPSA) is 54.6 Å². The molecule has 0 radical (unpaired) electrons. The van der Waals surface area contributed by atoms with E-state index in [0.29, 0.717) is 17.8 Å². The van der Waals surface area contributed by atoms with Gasteiger partial charge in [-0.1, -0.05) is 0 Å². The second-order valence-corrected chi connectivity index (χ2v) is 6.06. The molecule has 0 amide bonds. The first-order valence-electron chi connectivity index (χ1n) is 7.50. The van der Waals surface area contributed by atoms with Gasteiger partial charge in [-0.2, -0.15) is 0 Å². The Hall–Kier alpha value is -0.980. The van der Waals surface area contributed by atoms with Crippen LogP contribution in [0.15, 0.2) is 4.42 Å². The fraction of sp³-hybridized carbons (Fsp3) is 0.857. The normalized spacial score (nSPS) is 27.8. The van der Waals surface area contributed by atoms with Crippen LogP contribution in [-0.2, 0) is 11.3 Å². The first-order chi connectivity index (χ1) is 9.70. The van der Waals surface area contributed by atoms with Crippen molar-refractivity contribution in [3.8, 4) is 0 Å². The lowest BCUT2D eigenvalue weighted by Crippen LogP contribution is -2.35. The summed E-state index contributed by atoms with van der Waals surface area (Å²) in [4.78, 5) is 4.90. The van der Waals surface area contributed by atoms with Gasteiger partial charge in [0, 0.05) is 32.7 Å². The highest BCUT2D eigenvalue weighted by molar-refractivity contribution is 4.86. The van der Waals surface area contributed by atoms with E-state index in [-0.39, 0.29) is 0 Å². The second-order valence-electron chi connectivity index (χ2n) is 6.06. The first kappa shape index (κ1) is 14.0. The maximum Gasteiger partial charge on any atom is 0.230 e.